The summed E-state index contributed by atoms with van der Waals surface area (Å²) in [5.41, 5.74) is 1.99. The fraction of sp³-hybridized carbons (Fsp3) is 0.958. The van der Waals surface area contributed by atoms with Gasteiger partial charge < -0.3 is 9.80 Å². The van der Waals surface area contributed by atoms with Crippen molar-refractivity contribution in [2.75, 3.05) is 12.7 Å². The van der Waals surface area contributed by atoms with E-state index in [1.54, 1.807) is 0 Å². The van der Waals surface area contributed by atoms with E-state index in [1.165, 1.54) is 83.2 Å². The van der Waals surface area contributed by atoms with E-state index in [1.807, 2.05) is 0 Å². The van der Waals surface area contributed by atoms with Gasteiger partial charge in [-0.15, -0.1) is 0 Å². The van der Waals surface area contributed by atoms with Gasteiger partial charge in [-0.05, 0) is 83.7 Å². The van der Waals surface area contributed by atoms with Crippen LogP contribution in [0.1, 0.15) is 105 Å². The van der Waals surface area contributed by atoms with Crippen LogP contribution < -0.4 is 0 Å². The minimum absolute atomic E-state index is 0.0783. The molecule has 3 aliphatic rings. The minimum atomic E-state index is 0.0783. The lowest BCUT2D eigenvalue weighted by Crippen LogP contribution is -2.51. The van der Waals surface area contributed by atoms with E-state index in [0.717, 1.165) is 17.9 Å². The highest BCUT2D eigenvalue weighted by Gasteiger charge is 2.38. The molecule has 3 nitrogen and oxygen atoms in total. The third-order valence-corrected chi connectivity index (χ3v) is 11.2. The number of hydrogen-bond acceptors (Lipinski definition) is 1. The number of hydrogen-bond donors (Lipinski definition) is 0. The van der Waals surface area contributed by atoms with Crippen molar-refractivity contribution in [1.29, 1.82) is 0 Å². The SMILES string of the molecule is CC(C)N(C(=O)N1CCC[C@H]1CP(C1CCCCC1)C1CCCCC1)C(C)C. The summed E-state index contributed by atoms with van der Waals surface area (Å²) in [6.07, 6.45) is 18.5. The standard InChI is InChI=1S/C24H45N2OP/c1-19(2)26(20(3)4)24(27)25-17-11-12-21(25)18-28(22-13-7-5-8-14-22)23-15-9-6-10-16-23/h19-23H,5-18H2,1-4H3/t21-/m0/s1. The van der Waals surface area contributed by atoms with Gasteiger partial charge in [-0.25, -0.2) is 4.79 Å². The molecule has 0 unspecified atom stereocenters. The Hall–Kier alpha value is -0.300. The van der Waals surface area contributed by atoms with Gasteiger partial charge in [0.15, 0.2) is 0 Å². The topological polar surface area (TPSA) is 23.6 Å². The molecule has 0 bridgehead atoms. The highest BCUT2D eigenvalue weighted by molar-refractivity contribution is 7.59. The Balaban J connectivity index is 1.71. The van der Waals surface area contributed by atoms with E-state index in [0.29, 0.717) is 12.1 Å². The van der Waals surface area contributed by atoms with Crippen molar-refractivity contribution >= 4 is 14.0 Å². The summed E-state index contributed by atoms with van der Waals surface area (Å²) >= 11 is 0. The van der Waals surface area contributed by atoms with Gasteiger partial charge >= 0.3 is 6.03 Å². The second kappa shape index (κ2) is 10.6. The highest BCUT2D eigenvalue weighted by Crippen LogP contribution is 2.56. The summed E-state index contributed by atoms with van der Waals surface area (Å²) in [5, 5.41) is 0. The number of carbonyl (C=O) groups is 1. The molecule has 28 heavy (non-hydrogen) atoms. The molecule has 1 atom stereocenters. The summed E-state index contributed by atoms with van der Waals surface area (Å²) in [7, 11) is 0.0783. The molecular formula is C24H45N2OP. The number of nitrogens with zero attached hydrogens (tertiary/aromatic N) is 2. The molecule has 2 amide bonds. The van der Waals surface area contributed by atoms with E-state index in [9.17, 15) is 4.79 Å². The fourth-order valence-electron chi connectivity index (χ4n) is 6.13. The van der Waals surface area contributed by atoms with Crippen molar-refractivity contribution in [3.8, 4) is 0 Å². The van der Waals surface area contributed by atoms with Crippen LogP contribution in [-0.4, -0.2) is 58.0 Å². The lowest BCUT2D eigenvalue weighted by molar-refractivity contribution is 0.123. The predicted molar refractivity (Wildman–Crippen MR) is 123 cm³/mol. The van der Waals surface area contributed by atoms with Crippen LogP contribution in [0.4, 0.5) is 4.79 Å². The Morgan fingerprint density at radius 2 is 1.32 bits per heavy atom. The molecule has 2 aliphatic carbocycles. The maximum atomic E-state index is 13.4. The van der Waals surface area contributed by atoms with Crippen molar-refractivity contribution in [2.45, 2.75) is 134 Å². The molecule has 2 saturated carbocycles. The van der Waals surface area contributed by atoms with E-state index >= 15 is 0 Å². The van der Waals surface area contributed by atoms with Crippen molar-refractivity contribution in [2.24, 2.45) is 0 Å². The quantitative estimate of drug-likeness (QED) is 0.441. The predicted octanol–water partition coefficient (Wildman–Crippen LogP) is 6.84. The Labute approximate surface area is 175 Å². The average Bonchev–Trinajstić information content (AvgIpc) is 3.15. The van der Waals surface area contributed by atoms with Crippen molar-refractivity contribution in [1.82, 2.24) is 9.80 Å². The molecule has 0 spiro atoms. The van der Waals surface area contributed by atoms with Gasteiger partial charge in [0.25, 0.3) is 0 Å². The van der Waals surface area contributed by atoms with Crippen LogP contribution in [0.25, 0.3) is 0 Å². The molecule has 0 aromatic carbocycles. The Morgan fingerprint density at radius 1 is 0.821 bits per heavy atom. The molecule has 3 rings (SSSR count). The third kappa shape index (κ3) is 5.44. The van der Waals surface area contributed by atoms with Gasteiger partial charge in [0, 0.05) is 24.7 Å². The summed E-state index contributed by atoms with van der Waals surface area (Å²) in [5.74, 6) is 0. The van der Waals surface area contributed by atoms with E-state index < -0.39 is 0 Å². The fourth-order valence-corrected chi connectivity index (χ4v) is 10.2. The monoisotopic (exact) mass is 408 g/mol. The second-order valence-electron chi connectivity index (χ2n) is 10.1. The van der Waals surface area contributed by atoms with Crippen LogP contribution in [-0.2, 0) is 0 Å². The lowest BCUT2D eigenvalue weighted by atomic mass is 9.99. The van der Waals surface area contributed by atoms with Gasteiger partial charge in [-0.3, -0.25) is 0 Å². The molecule has 4 heteroatoms. The molecule has 162 valence electrons. The van der Waals surface area contributed by atoms with Gasteiger partial charge in [0.05, 0.1) is 0 Å². The molecule has 0 radical (unpaired) electrons. The average molecular weight is 409 g/mol. The zero-order valence-corrected chi connectivity index (χ0v) is 19.9. The van der Waals surface area contributed by atoms with Crippen LogP contribution >= 0.6 is 7.92 Å². The first-order chi connectivity index (χ1) is 13.5. The number of amides is 2. The zero-order chi connectivity index (χ0) is 20.1. The van der Waals surface area contributed by atoms with Crippen LogP contribution in [0.15, 0.2) is 0 Å². The second-order valence-corrected chi connectivity index (χ2v) is 13.0. The van der Waals surface area contributed by atoms with Crippen LogP contribution in [0.5, 0.6) is 0 Å². The molecule has 1 heterocycles. The van der Waals surface area contributed by atoms with E-state index in [-0.39, 0.29) is 20.0 Å². The maximum absolute atomic E-state index is 13.4. The number of rotatable bonds is 6. The first-order valence-electron chi connectivity index (χ1n) is 12.3. The molecule has 0 aromatic rings. The number of likely N-dealkylation sites (tertiary alicyclic amines) is 1. The van der Waals surface area contributed by atoms with Crippen molar-refractivity contribution in [3.05, 3.63) is 0 Å². The number of urea groups is 1. The zero-order valence-electron chi connectivity index (χ0n) is 19.0. The molecule has 0 aromatic heterocycles. The Morgan fingerprint density at radius 3 is 1.79 bits per heavy atom. The minimum Gasteiger partial charge on any atom is -0.321 e. The Bertz CT molecular complexity index is 457. The summed E-state index contributed by atoms with van der Waals surface area (Å²) in [4.78, 5) is 17.8. The molecular weight excluding hydrogens is 363 g/mol. The molecule has 1 aliphatic heterocycles. The van der Waals surface area contributed by atoms with E-state index in [4.69, 9.17) is 0 Å². The van der Waals surface area contributed by atoms with Gasteiger partial charge in [0.2, 0.25) is 0 Å². The largest absolute Gasteiger partial charge is 0.321 e. The van der Waals surface area contributed by atoms with Gasteiger partial charge in [-0.2, -0.15) is 0 Å². The summed E-state index contributed by atoms with van der Waals surface area (Å²) in [6, 6.07) is 1.40. The molecule has 3 fully saturated rings. The highest BCUT2D eigenvalue weighted by atomic mass is 31.1. The summed E-state index contributed by atoms with van der Waals surface area (Å²) < 4.78 is 0. The normalized spacial score (nSPS) is 25.2. The van der Waals surface area contributed by atoms with Gasteiger partial charge in [-0.1, -0.05) is 46.4 Å². The summed E-state index contributed by atoms with van der Waals surface area (Å²) in [6.45, 7) is 9.65. The van der Waals surface area contributed by atoms with Crippen LogP contribution in [0, 0.1) is 0 Å². The lowest BCUT2D eigenvalue weighted by Gasteiger charge is -2.42. The van der Waals surface area contributed by atoms with Crippen molar-refractivity contribution in [3.63, 3.8) is 0 Å². The van der Waals surface area contributed by atoms with E-state index in [2.05, 4.69) is 37.5 Å². The molecule has 1 saturated heterocycles. The molecule has 0 N–H and O–H groups in total. The third-order valence-electron chi connectivity index (χ3n) is 7.47. The van der Waals surface area contributed by atoms with Crippen LogP contribution in [0.2, 0.25) is 0 Å². The maximum Gasteiger partial charge on any atom is 0.320 e. The van der Waals surface area contributed by atoms with Gasteiger partial charge in [0.1, 0.15) is 0 Å². The Kier molecular flexibility index (Phi) is 8.51. The first kappa shape index (κ1) is 22.4. The first-order valence-corrected chi connectivity index (χ1v) is 14.0. The van der Waals surface area contributed by atoms with Crippen LogP contribution in [0.3, 0.4) is 0 Å². The van der Waals surface area contributed by atoms with Crippen molar-refractivity contribution < 1.29 is 4.79 Å². The number of carbonyl (C=O) groups excluding carboxylic acids is 1. The smallest absolute Gasteiger partial charge is 0.320 e.